The molecule has 1 aromatic rings. The molecule has 1 aromatic carbocycles. The molecule has 0 atom stereocenters. The molecular weight excluding hydrogens is 279 g/mol. The van der Waals surface area contributed by atoms with Gasteiger partial charge in [0.15, 0.2) is 0 Å². The monoisotopic (exact) mass is 290 g/mol. The van der Waals surface area contributed by atoms with E-state index in [-0.39, 0.29) is 5.91 Å². The predicted molar refractivity (Wildman–Crippen MR) is 65.2 cm³/mol. The van der Waals surface area contributed by atoms with Gasteiger partial charge in [-0.2, -0.15) is 0 Å². The highest BCUT2D eigenvalue weighted by Crippen LogP contribution is 2.21. The van der Waals surface area contributed by atoms with Gasteiger partial charge in [-0.15, -0.1) is 0 Å². The first-order valence-electron chi connectivity index (χ1n) is 4.58. The minimum Gasteiger partial charge on any atom is -0.352 e. The Morgan fingerprint density at radius 3 is 2.87 bits per heavy atom. The van der Waals surface area contributed by atoms with Gasteiger partial charge in [0.2, 0.25) is 0 Å². The molecule has 0 aliphatic rings. The van der Waals surface area contributed by atoms with Crippen molar-refractivity contribution in [2.45, 2.75) is 6.42 Å². The average Bonchev–Trinajstić information content (AvgIpc) is 2.17. The number of hydrogen-bond donors (Lipinski definition) is 2. The number of amides is 1. The molecule has 0 heterocycles. The summed E-state index contributed by atoms with van der Waals surface area (Å²) in [6.07, 6.45) is 0.775. The van der Waals surface area contributed by atoms with Crippen LogP contribution in [0.25, 0.3) is 0 Å². The largest absolute Gasteiger partial charge is 0.352 e. The van der Waals surface area contributed by atoms with Crippen LogP contribution in [0.4, 0.5) is 0 Å². The highest BCUT2D eigenvalue weighted by atomic mass is 79.9. The van der Waals surface area contributed by atoms with Gasteiger partial charge in [-0.1, -0.05) is 11.6 Å². The SMILES string of the molecule is NCCCNC(=O)c1ccc(Cl)cc1Br. The Bertz CT molecular complexity index is 357. The van der Waals surface area contributed by atoms with Gasteiger partial charge in [-0.3, -0.25) is 4.79 Å². The van der Waals surface area contributed by atoms with E-state index in [2.05, 4.69) is 21.2 Å². The van der Waals surface area contributed by atoms with Crippen molar-refractivity contribution in [3.05, 3.63) is 33.3 Å². The summed E-state index contributed by atoms with van der Waals surface area (Å²) in [7, 11) is 0. The molecule has 3 N–H and O–H groups in total. The molecule has 1 rings (SSSR count). The minimum absolute atomic E-state index is 0.119. The molecule has 0 saturated carbocycles. The molecule has 0 fully saturated rings. The van der Waals surface area contributed by atoms with Crippen LogP contribution >= 0.6 is 27.5 Å². The van der Waals surface area contributed by atoms with Gasteiger partial charge in [-0.05, 0) is 47.1 Å². The van der Waals surface area contributed by atoms with Crippen molar-refractivity contribution >= 4 is 33.4 Å². The van der Waals surface area contributed by atoms with Crippen LogP contribution in [-0.2, 0) is 0 Å². The van der Waals surface area contributed by atoms with E-state index in [9.17, 15) is 4.79 Å². The normalized spacial score (nSPS) is 10.1. The van der Waals surface area contributed by atoms with Gasteiger partial charge < -0.3 is 11.1 Å². The lowest BCUT2D eigenvalue weighted by molar-refractivity contribution is 0.0953. The summed E-state index contributed by atoms with van der Waals surface area (Å²) in [6, 6.07) is 5.06. The van der Waals surface area contributed by atoms with E-state index in [0.717, 1.165) is 6.42 Å². The van der Waals surface area contributed by atoms with Crippen LogP contribution in [0.3, 0.4) is 0 Å². The number of nitrogens with two attached hydrogens (primary N) is 1. The molecule has 3 nitrogen and oxygen atoms in total. The minimum atomic E-state index is -0.119. The fourth-order valence-corrected chi connectivity index (χ4v) is 1.94. The molecule has 0 radical (unpaired) electrons. The molecule has 0 bridgehead atoms. The highest BCUT2D eigenvalue weighted by Gasteiger charge is 2.08. The molecule has 0 aliphatic carbocycles. The molecule has 0 unspecified atom stereocenters. The zero-order valence-corrected chi connectivity index (χ0v) is 10.4. The molecule has 0 aromatic heterocycles. The Labute approximate surface area is 102 Å². The van der Waals surface area contributed by atoms with Crippen LogP contribution in [0.5, 0.6) is 0 Å². The zero-order valence-electron chi connectivity index (χ0n) is 8.09. The van der Waals surface area contributed by atoms with E-state index in [4.69, 9.17) is 17.3 Å². The Hall–Kier alpha value is -0.580. The van der Waals surface area contributed by atoms with Crippen LogP contribution < -0.4 is 11.1 Å². The summed E-state index contributed by atoms with van der Waals surface area (Å²) in [4.78, 5) is 11.6. The van der Waals surface area contributed by atoms with Crippen molar-refractivity contribution in [3.63, 3.8) is 0 Å². The molecule has 15 heavy (non-hydrogen) atoms. The standard InChI is InChI=1S/C10H12BrClN2O/c11-9-6-7(12)2-3-8(9)10(15)14-5-1-4-13/h2-3,6H,1,4-5,13H2,(H,14,15). The number of carbonyl (C=O) groups excluding carboxylic acids is 1. The van der Waals surface area contributed by atoms with Gasteiger partial charge >= 0.3 is 0 Å². The van der Waals surface area contributed by atoms with Gasteiger partial charge in [0.25, 0.3) is 5.91 Å². The molecule has 0 aliphatic heterocycles. The quantitative estimate of drug-likeness (QED) is 0.836. The van der Waals surface area contributed by atoms with Crippen LogP contribution in [0, 0.1) is 0 Å². The van der Waals surface area contributed by atoms with E-state index >= 15 is 0 Å². The summed E-state index contributed by atoms with van der Waals surface area (Å²) in [5, 5.41) is 3.37. The van der Waals surface area contributed by atoms with E-state index < -0.39 is 0 Å². The van der Waals surface area contributed by atoms with Crippen molar-refractivity contribution in [1.29, 1.82) is 0 Å². The number of nitrogens with one attached hydrogen (secondary N) is 1. The highest BCUT2D eigenvalue weighted by molar-refractivity contribution is 9.10. The molecular formula is C10H12BrClN2O. The second-order valence-electron chi connectivity index (χ2n) is 3.02. The second kappa shape index (κ2) is 6.10. The van der Waals surface area contributed by atoms with Crippen LogP contribution in [0.2, 0.25) is 5.02 Å². The maximum Gasteiger partial charge on any atom is 0.252 e. The van der Waals surface area contributed by atoms with Crippen molar-refractivity contribution in [1.82, 2.24) is 5.32 Å². The third-order valence-corrected chi connectivity index (χ3v) is 2.73. The molecule has 5 heteroatoms. The van der Waals surface area contributed by atoms with Crippen LogP contribution in [-0.4, -0.2) is 19.0 Å². The number of rotatable bonds is 4. The summed E-state index contributed by atoms with van der Waals surface area (Å²) in [6.45, 7) is 1.16. The van der Waals surface area contributed by atoms with Crippen LogP contribution in [0.1, 0.15) is 16.8 Å². The van der Waals surface area contributed by atoms with Crippen molar-refractivity contribution in [3.8, 4) is 0 Å². The van der Waals surface area contributed by atoms with Gasteiger partial charge in [-0.25, -0.2) is 0 Å². The van der Waals surface area contributed by atoms with Gasteiger partial charge in [0, 0.05) is 16.0 Å². The first kappa shape index (κ1) is 12.5. The first-order chi connectivity index (χ1) is 7.15. The van der Waals surface area contributed by atoms with Crippen molar-refractivity contribution in [2.24, 2.45) is 5.73 Å². The fraction of sp³-hybridized carbons (Fsp3) is 0.300. The molecule has 82 valence electrons. The topological polar surface area (TPSA) is 55.1 Å². The second-order valence-corrected chi connectivity index (χ2v) is 4.31. The molecule has 0 spiro atoms. The first-order valence-corrected chi connectivity index (χ1v) is 5.75. The number of benzene rings is 1. The van der Waals surface area contributed by atoms with Crippen LogP contribution in [0.15, 0.2) is 22.7 Å². The average molecular weight is 292 g/mol. The Kier molecular flexibility index (Phi) is 5.08. The van der Waals surface area contributed by atoms with Crippen molar-refractivity contribution in [2.75, 3.05) is 13.1 Å². The summed E-state index contributed by atoms with van der Waals surface area (Å²) in [5.74, 6) is -0.119. The Morgan fingerprint density at radius 2 is 2.27 bits per heavy atom. The predicted octanol–water partition coefficient (Wildman–Crippen LogP) is 2.18. The van der Waals surface area contributed by atoms with E-state index in [1.807, 2.05) is 0 Å². The van der Waals surface area contributed by atoms with Gasteiger partial charge in [0.05, 0.1) is 5.56 Å². The third-order valence-electron chi connectivity index (χ3n) is 1.84. The summed E-state index contributed by atoms with van der Waals surface area (Å²) in [5.41, 5.74) is 5.91. The number of halogens is 2. The number of hydrogen-bond acceptors (Lipinski definition) is 2. The Balaban J connectivity index is 2.65. The smallest absolute Gasteiger partial charge is 0.252 e. The molecule has 0 saturated heterocycles. The van der Waals surface area contributed by atoms with Crippen molar-refractivity contribution < 1.29 is 4.79 Å². The Morgan fingerprint density at radius 1 is 1.53 bits per heavy atom. The summed E-state index contributed by atoms with van der Waals surface area (Å²) >= 11 is 9.06. The zero-order chi connectivity index (χ0) is 11.3. The van der Waals surface area contributed by atoms with E-state index in [0.29, 0.717) is 28.1 Å². The third kappa shape index (κ3) is 3.81. The van der Waals surface area contributed by atoms with E-state index in [1.54, 1.807) is 18.2 Å². The fourth-order valence-electron chi connectivity index (χ4n) is 1.07. The lowest BCUT2D eigenvalue weighted by Gasteiger charge is -2.06. The lowest BCUT2D eigenvalue weighted by atomic mass is 10.2. The molecule has 1 amide bonds. The van der Waals surface area contributed by atoms with Gasteiger partial charge in [0.1, 0.15) is 0 Å². The maximum absolute atomic E-state index is 11.6. The lowest BCUT2D eigenvalue weighted by Crippen LogP contribution is -2.26. The summed E-state index contributed by atoms with van der Waals surface area (Å²) < 4.78 is 0.695. The number of carbonyl (C=O) groups is 1. The maximum atomic E-state index is 11.6. The van der Waals surface area contributed by atoms with E-state index in [1.165, 1.54) is 0 Å².